The molecule has 0 aliphatic carbocycles. The van der Waals surface area contributed by atoms with E-state index in [0.717, 1.165) is 11.1 Å². The number of amides is 1. The van der Waals surface area contributed by atoms with Crippen molar-refractivity contribution < 1.29 is 14.3 Å². The molecule has 0 saturated heterocycles. The van der Waals surface area contributed by atoms with Crippen LogP contribution >= 0.6 is 0 Å². The van der Waals surface area contributed by atoms with Gasteiger partial charge >= 0.3 is 0 Å². The molecule has 1 aromatic rings. The molecule has 0 fully saturated rings. The van der Waals surface area contributed by atoms with E-state index in [0.29, 0.717) is 24.5 Å². The third kappa shape index (κ3) is 2.84. The molecule has 1 aliphatic rings. The lowest BCUT2D eigenvalue weighted by molar-refractivity contribution is -0.138. The van der Waals surface area contributed by atoms with Gasteiger partial charge in [0.15, 0.2) is 11.5 Å². The summed E-state index contributed by atoms with van der Waals surface area (Å²) in [5.74, 6) is 1.20. The molecule has 0 bridgehead atoms. The normalized spacial score (nSPS) is 17.4. The van der Waals surface area contributed by atoms with Crippen molar-refractivity contribution in [3.63, 3.8) is 0 Å². The summed E-state index contributed by atoms with van der Waals surface area (Å²) < 4.78 is 10.6. The molecule has 1 aromatic carbocycles. The molecule has 21 heavy (non-hydrogen) atoms. The Morgan fingerprint density at radius 2 is 1.86 bits per heavy atom. The van der Waals surface area contributed by atoms with Gasteiger partial charge in [-0.05, 0) is 23.3 Å². The van der Waals surface area contributed by atoms with Gasteiger partial charge in [0.05, 0.1) is 14.2 Å². The lowest BCUT2D eigenvalue weighted by atomic mass is 9.95. The van der Waals surface area contributed by atoms with Crippen LogP contribution < -0.4 is 9.47 Å². The van der Waals surface area contributed by atoms with Gasteiger partial charge in [0.25, 0.3) is 0 Å². The summed E-state index contributed by atoms with van der Waals surface area (Å²) in [5, 5.41) is 3.61. The maximum atomic E-state index is 12.3. The second-order valence-corrected chi connectivity index (χ2v) is 5.41. The van der Waals surface area contributed by atoms with Crippen molar-refractivity contribution in [3.8, 4) is 11.5 Å². The summed E-state index contributed by atoms with van der Waals surface area (Å²) in [6.07, 6.45) is 0.0861. The molecular formula is C15H21N3O3. The smallest absolute Gasteiger partial charge is 0.227 e. The van der Waals surface area contributed by atoms with Crippen molar-refractivity contribution >= 4 is 5.91 Å². The Labute approximate surface area is 124 Å². The monoisotopic (exact) mass is 291 g/mol. The van der Waals surface area contributed by atoms with Gasteiger partial charge < -0.3 is 14.4 Å². The number of hydrogen-bond donors (Lipinski definition) is 1. The minimum Gasteiger partial charge on any atom is -0.493 e. The van der Waals surface area contributed by atoms with Gasteiger partial charge in [0.2, 0.25) is 5.91 Å². The molecule has 6 heteroatoms. The summed E-state index contributed by atoms with van der Waals surface area (Å²) in [7, 11) is 3.18. The first-order valence-electron chi connectivity index (χ1n) is 6.92. The molecular weight excluding hydrogens is 270 g/mol. The van der Waals surface area contributed by atoms with Crippen LogP contribution in [0.2, 0.25) is 0 Å². The van der Waals surface area contributed by atoms with Crippen molar-refractivity contribution in [3.05, 3.63) is 23.3 Å². The van der Waals surface area contributed by atoms with Crippen molar-refractivity contribution in [2.75, 3.05) is 14.2 Å². The molecule has 1 atom stereocenters. The summed E-state index contributed by atoms with van der Waals surface area (Å²) in [6.45, 7) is 4.15. The molecule has 1 heterocycles. The van der Waals surface area contributed by atoms with Gasteiger partial charge in [-0.1, -0.05) is 13.8 Å². The van der Waals surface area contributed by atoms with E-state index in [2.05, 4.69) is 5.11 Å². The number of methoxy groups -OCH3 is 2. The third-order valence-electron chi connectivity index (χ3n) is 3.73. The summed E-state index contributed by atoms with van der Waals surface area (Å²) in [5.41, 5.74) is 9.41. The second kappa shape index (κ2) is 6.11. The predicted molar refractivity (Wildman–Crippen MR) is 77.6 cm³/mol. The molecule has 0 spiro atoms. The van der Waals surface area contributed by atoms with E-state index in [9.17, 15) is 4.79 Å². The van der Waals surface area contributed by atoms with E-state index in [1.165, 1.54) is 0 Å². The summed E-state index contributed by atoms with van der Waals surface area (Å²) in [4.78, 5) is 13.9. The van der Waals surface area contributed by atoms with Crippen LogP contribution in [0.15, 0.2) is 17.2 Å². The molecule has 2 rings (SSSR count). The van der Waals surface area contributed by atoms with Gasteiger partial charge in [-0.25, -0.2) is 5.53 Å². The van der Waals surface area contributed by atoms with E-state index in [1.54, 1.807) is 19.1 Å². The number of carbonyl (C=O) groups is 1. The highest BCUT2D eigenvalue weighted by Gasteiger charge is 2.31. The fraction of sp³-hybridized carbons (Fsp3) is 0.533. The highest BCUT2D eigenvalue weighted by molar-refractivity contribution is 5.78. The molecule has 0 saturated carbocycles. The fourth-order valence-corrected chi connectivity index (χ4v) is 2.57. The summed E-state index contributed by atoms with van der Waals surface area (Å²) in [6, 6.07) is 3.80. The molecule has 114 valence electrons. The quantitative estimate of drug-likeness (QED) is 0.866. The Morgan fingerprint density at radius 1 is 1.29 bits per heavy atom. The molecule has 1 aliphatic heterocycles. The van der Waals surface area contributed by atoms with E-state index in [4.69, 9.17) is 15.0 Å². The van der Waals surface area contributed by atoms with Crippen LogP contribution in [-0.4, -0.2) is 31.2 Å². The number of benzene rings is 1. The van der Waals surface area contributed by atoms with Gasteiger partial charge in [0.1, 0.15) is 6.17 Å². The number of nitrogens with one attached hydrogen (secondary N) is 1. The zero-order valence-corrected chi connectivity index (χ0v) is 12.8. The number of hydrogen-bond acceptors (Lipinski definition) is 5. The Morgan fingerprint density at radius 3 is 2.33 bits per heavy atom. The molecule has 1 amide bonds. The Balaban J connectivity index is 2.40. The molecule has 6 nitrogen and oxygen atoms in total. The number of nitrogens with zero attached hydrogens (tertiary/aromatic N) is 2. The van der Waals surface area contributed by atoms with Crippen molar-refractivity contribution in [1.82, 2.24) is 4.90 Å². The van der Waals surface area contributed by atoms with Gasteiger partial charge in [-0.2, -0.15) is 5.11 Å². The minimum atomic E-state index is -0.439. The van der Waals surface area contributed by atoms with Crippen molar-refractivity contribution in [2.24, 2.45) is 11.0 Å². The lowest BCUT2D eigenvalue weighted by Gasteiger charge is -2.35. The second-order valence-electron chi connectivity index (χ2n) is 5.41. The van der Waals surface area contributed by atoms with Gasteiger partial charge in [-0.3, -0.25) is 4.79 Å². The van der Waals surface area contributed by atoms with Crippen LogP contribution in [0.25, 0.3) is 0 Å². The van der Waals surface area contributed by atoms with Crippen molar-refractivity contribution in [2.45, 2.75) is 33.0 Å². The van der Waals surface area contributed by atoms with Crippen LogP contribution in [0, 0.1) is 11.4 Å². The number of rotatable bonds is 4. The first-order chi connectivity index (χ1) is 10.0. The number of fused-ring (bicyclic) bond motifs is 1. The van der Waals surface area contributed by atoms with E-state index < -0.39 is 6.17 Å². The number of ether oxygens (including phenoxy) is 2. The largest absolute Gasteiger partial charge is 0.493 e. The van der Waals surface area contributed by atoms with Crippen LogP contribution in [0.4, 0.5) is 0 Å². The SMILES string of the molecule is COc1cc2c(cc1OC)CN(C(=O)C(C)C)C(N=N)C2. The zero-order valence-electron chi connectivity index (χ0n) is 12.8. The average Bonchev–Trinajstić information content (AvgIpc) is 2.51. The highest BCUT2D eigenvalue weighted by Crippen LogP contribution is 2.35. The highest BCUT2D eigenvalue weighted by atomic mass is 16.5. The van der Waals surface area contributed by atoms with Crippen LogP contribution in [0.1, 0.15) is 25.0 Å². The Hall–Kier alpha value is -2.11. The van der Waals surface area contributed by atoms with Crippen LogP contribution in [0.5, 0.6) is 11.5 Å². The topological polar surface area (TPSA) is 75.0 Å². The van der Waals surface area contributed by atoms with E-state index in [1.807, 2.05) is 26.0 Å². The first-order valence-corrected chi connectivity index (χ1v) is 6.92. The van der Waals surface area contributed by atoms with Crippen LogP contribution in [-0.2, 0) is 17.8 Å². The first kappa shape index (κ1) is 15.3. The summed E-state index contributed by atoms with van der Waals surface area (Å²) >= 11 is 0. The van der Waals surface area contributed by atoms with Gasteiger partial charge in [-0.15, -0.1) is 0 Å². The molecule has 0 aromatic heterocycles. The average molecular weight is 291 g/mol. The zero-order chi connectivity index (χ0) is 15.6. The van der Waals surface area contributed by atoms with Gasteiger partial charge in [0, 0.05) is 18.9 Å². The minimum absolute atomic E-state index is 0.0106. The van der Waals surface area contributed by atoms with E-state index >= 15 is 0 Å². The predicted octanol–water partition coefficient (Wildman–Crippen LogP) is 2.60. The number of carbonyl (C=O) groups excluding carboxylic acids is 1. The maximum Gasteiger partial charge on any atom is 0.227 e. The van der Waals surface area contributed by atoms with Crippen LogP contribution in [0.3, 0.4) is 0 Å². The van der Waals surface area contributed by atoms with Crippen molar-refractivity contribution in [1.29, 1.82) is 5.53 Å². The standard InChI is InChI=1S/C15H21N3O3/c1-9(2)15(19)18-8-11-6-13(21-4)12(20-3)5-10(11)7-14(18)17-16/h5-6,9,14,16H,7-8H2,1-4H3. The van der Waals surface area contributed by atoms with E-state index in [-0.39, 0.29) is 11.8 Å². The fourth-order valence-electron chi connectivity index (χ4n) is 2.57. The Bertz CT molecular complexity index is 557. The molecule has 1 unspecified atom stereocenters. The Kier molecular flexibility index (Phi) is 4.45. The molecule has 1 N–H and O–H groups in total. The maximum absolute atomic E-state index is 12.3. The molecule has 0 radical (unpaired) electrons. The lowest BCUT2D eigenvalue weighted by Crippen LogP contribution is -2.44. The third-order valence-corrected chi connectivity index (χ3v) is 3.73.